The van der Waals surface area contributed by atoms with Crippen LogP contribution < -0.4 is 5.73 Å². The molecule has 1 unspecified atom stereocenters. The molecule has 1 aromatic rings. The molecule has 1 heterocycles. The highest BCUT2D eigenvalue weighted by Gasteiger charge is 2.40. The lowest BCUT2D eigenvalue weighted by atomic mass is 9.81. The zero-order valence-corrected chi connectivity index (χ0v) is 12.5. The van der Waals surface area contributed by atoms with Crippen LogP contribution in [0.3, 0.4) is 0 Å². The van der Waals surface area contributed by atoms with Crippen molar-refractivity contribution in [3.05, 3.63) is 35.9 Å². The molecule has 0 saturated heterocycles. The van der Waals surface area contributed by atoms with Crippen LogP contribution in [0, 0.1) is 11.3 Å². The maximum atomic E-state index is 12.5. The first-order chi connectivity index (χ1) is 9.43. The second-order valence-electron chi connectivity index (χ2n) is 6.25. The normalized spacial score (nSPS) is 19.4. The minimum atomic E-state index is -0.163. The summed E-state index contributed by atoms with van der Waals surface area (Å²) in [6.45, 7) is 7.31. The zero-order valence-electron chi connectivity index (χ0n) is 12.5. The van der Waals surface area contributed by atoms with E-state index in [0.717, 1.165) is 11.3 Å². The summed E-state index contributed by atoms with van der Waals surface area (Å²) < 4.78 is 0. The average Bonchev–Trinajstić information content (AvgIpc) is 2.69. The monoisotopic (exact) mass is 273 g/mol. The third-order valence-corrected chi connectivity index (χ3v) is 3.51. The number of hydrogen-bond donors (Lipinski definition) is 1. The van der Waals surface area contributed by atoms with E-state index in [1.807, 2.05) is 30.3 Å². The summed E-state index contributed by atoms with van der Waals surface area (Å²) in [7, 11) is 0. The number of nitrogens with zero attached hydrogens (tertiary/aromatic N) is 2. The number of rotatable bonds is 4. The third-order valence-electron chi connectivity index (χ3n) is 3.51. The molecule has 0 aliphatic carbocycles. The van der Waals surface area contributed by atoms with Crippen LogP contribution in [0.15, 0.2) is 35.4 Å². The maximum Gasteiger partial charge on any atom is 0.251 e. The predicted octanol–water partition coefficient (Wildman–Crippen LogP) is 2.40. The topological polar surface area (TPSA) is 58.7 Å². The van der Waals surface area contributed by atoms with Crippen LogP contribution in [0.2, 0.25) is 0 Å². The van der Waals surface area contributed by atoms with E-state index in [-0.39, 0.29) is 17.2 Å². The van der Waals surface area contributed by atoms with Gasteiger partial charge in [-0.3, -0.25) is 4.79 Å². The van der Waals surface area contributed by atoms with E-state index in [1.165, 1.54) is 0 Å². The number of carbonyl (C=O) groups excluding carboxylic acids is 1. The van der Waals surface area contributed by atoms with Crippen molar-refractivity contribution in [1.82, 2.24) is 5.01 Å². The fourth-order valence-electron chi connectivity index (χ4n) is 2.52. The molecule has 1 aliphatic rings. The number of carbonyl (C=O) groups is 1. The summed E-state index contributed by atoms with van der Waals surface area (Å²) in [5, 5.41) is 6.17. The van der Waals surface area contributed by atoms with Gasteiger partial charge in [0, 0.05) is 5.41 Å². The van der Waals surface area contributed by atoms with Crippen LogP contribution in [0.1, 0.15) is 32.8 Å². The van der Waals surface area contributed by atoms with Crippen molar-refractivity contribution in [2.75, 3.05) is 6.54 Å². The Kier molecular flexibility index (Phi) is 4.23. The molecule has 1 aliphatic heterocycles. The fraction of sp³-hybridized carbons (Fsp3) is 0.500. The van der Waals surface area contributed by atoms with E-state index in [9.17, 15) is 4.79 Å². The molecule has 1 amide bonds. The first-order valence-corrected chi connectivity index (χ1v) is 7.08. The molecule has 4 nitrogen and oxygen atoms in total. The van der Waals surface area contributed by atoms with E-state index in [1.54, 1.807) is 5.01 Å². The van der Waals surface area contributed by atoms with E-state index >= 15 is 0 Å². The van der Waals surface area contributed by atoms with Gasteiger partial charge in [-0.15, -0.1) is 0 Å². The van der Waals surface area contributed by atoms with Gasteiger partial charge in [-0.1, -0.05) is 51.1 Å². The SMILES string of the molecule is CC(C)(C)C1=NN(Cc2ccccc2)C(=O)C1CCN. The van der Waals surface area contributed by atoms with Crippen molar-refractivity contribution in [1.29, 1.82) is 0 Å². The van der Waals surface area contributed by atoms with Gasteiger partial charge in [0.15, 0.2) is 0 Å². The molecule has 108 valence electrons. The Balaban J connectivity index is 2.22. The first kappa shape index (κ1) is 14.7. The van der Waals surface area contributed by atoms with Crippen molar-refractivity contribution in [2.45, 2.75) is 33.7 Å². The van der Waals surface area contributed by atoms with Crippen LogP contribution in [0.5, 0.6) is 0 Å². The number of nitrogens with two attached hydrogens (primary N) is 1. The quantitative estimate of drug-likeness (QED) is 0.915. The molecule has 0 spiro atoms. The third kappa shape index (κ3) is 3.07. The van der Waals surface area contributed by atoms with Gasteiger partial charge in [0.05, 0.1) is 18.2 Å². The number of hydrogen-bond acceptors (Lipinski definition) is 3. The van der Waals surface area contributed by atoms with Crippen LogP contribution in [0.4, 0.5) is 0 Å². The van der Waals surface area contributed by atoms with Crippen molar-refractivity contribution in [3.8, 4) is 0 Å². The van der Waals surface area contributed by atoms with Crippen molar-refractivity contribution < 1.29 is 4.79 Å². The Labute approximate surface area is 120 Å². The Morgan fingerprint density at radius 1 is 1.25 bits per heavy atom. The summed E-state index contributed by atoms with van der Waals surface area (Å²) in [5.41, 5.74) is 7.58. The van der Waals surface area contributed by atoms with Gasteiger partial charge >= 0.3 is 0 Å². The van der Waals surface area contributed by atoms with Gasteiger partial charge in [0.25, 0.3) is 5.91 Å². The van der Waals surface area contributed by atoms with Crippen LogP contribution >= 0.6 is 0 Å². The smallest absolute Gasteiger partial charge is 0.251 e. The average molecular weight is 273 g/mol. The van der Waals surface area contributed by atoms with Crippen LogP contribution in [-0.2, 0) is 11.3 Å². The molecule has 2 rings (SSSR count). The second kappa shape index (κ2) is 5.75. The summed E-state index contributed by atoms with van der Waals surface area (Å²) in [6.07, 6.45) is 0.667. The fourth-order valence-corrected chi connectivity index (χ4v) is 2.52. The minimum Gasteiger partial charge on any atom is -0.330 e. The predicted molar refractivity (Wildman–Crippen MR) is 81.0 cm³/mol. The molecule has 4 heteroatoms. The largest absolute Gasteiger partial charge is 0.330 e. The van der Waals surface area contributed by atoms with Gasteiger partial charge in [0.2, 0.25) is 0 Å². The van der Waals surface area contributed by atoms with Gasteiger partial charge in [-0.2, -0.15) is 5.10 Å². The van der Waals surface area contributed by atoms with Gasteiger partial charge in [-0.05, 0) is 18.5 Å². The molecule has 0 radical (unpaired) electrons. The lowest BCUT2D eigenvalue weighted by Gasteiger charge is -2.21. The van der Waals surface area contributed by atoms with Gasteiger partial charge in [0.1, 0.15) is 0 Å². The molecule has 0 aromatic heterocycles. The van der Waals surface area contributed by atoms with Crippen molar-refractivity contribution >= 4 is 11.6 Å². The summed E-state index contributed by atoms with van der Waals surface area (Å²) in [6, 6.07) is 9.94. The molecule has 0 fully saturated rings. The lowest BCUT2D eigenvalue weighted by Crippen LogP contribution is -2.33. The summed E-state index contributed by atoms with van der Waals surface area (Å²) in [5.74, 6) is -0.0899. The Morgan fingerprint density at radius 3 is 2.45 bits per heavy atom. The lowest BCUT2D eigenvalue weighted by molar-refractivity contribution is -0.132. The van der Waals surface area contributed by atoms with E-state index in [4.69, 9.17) is 5.73 Å². The van der Waals surface area contributed by atoms with Crippen LogP contribution in [-0.4, -0.2) is 23.2 Å². The Bertz CT molecular complexity index is 502. The van der Waals surface area contributed by atoms with E-state index in [0.29, 0.717) is 19.5 Å². The van der Waals surface area contributed by atoms with Gasteiger partial charge in [-0.25, -0.2) is 5.01 Å². The molecule has 2 N–H and O–H groups in total. The molecular formula is C16H23N3O. The highest BCUT2D eigenvalue weighted by atomic mass is 16.2. The number of benzene rings is 1. The summed E-state index contributed by atoms with van der Waals surface area (Å²) >= 11 is 0. The second-order valence-corrected chi connectivity index (χ2v) is 6.25. The Morgan fingerprint density at radius 2 is 1.90 bits per heavy atom. The standard InChI is InChI=1S/C16H23N3O/c1-16(2,3)14-13(9-10-17)15(20)19(18-14)11-12-7-5-4-6-8-12/h4-8,13H,9-11,17H2,1-3H3. The molecule has 0 saturated carbocycles. The highest BCUT2D eigenvalue weighted by Crippen LogP contribution is 2.31. The van der Waals surface area contributed by atoms with Crippen molar-refractivity contribution in [2.24, 2.45) is 22.2 Å². The highest BCUT2D eigenvalue weighted by molar-refractivity contribution is 6.10. The molecule has 1 aromatic carbocycles. The van der Waals surface area contributed by atoms with Crippen LogP contribution in [0.25, 0.3) is 0 Å². The molecule has 20 heavy (non-hydrogen) atoms. The molecule has 1 atom stereocenters. The molecular weight excluding hydrogens is 250 g/mol. The molecule has 0 bridgehead atoms. The van der Waals surface area contributed by atoms with E-state index in [2.05, 4.69) is 25.9 Å². The van der Waals surface area contributed by atoms with Gasteiger partial charge < -0.3 is 5.73 Å². The van der Waals surface area contributed by atoms with E-state index < -0.39 is 0 Å². The summed E-state index contributed by atoms with van der Waals surface area (Å²) in [4.78, 5) is 12.5. The number of hydrazone groups is 1. The maximum absolute atomic E-state index is 12.5. The van der Waals surface area contributed by atoms with Crippen molar-refractivity contribution in [3.63, 3.8) is 0 Å². The minimum absolute atomic E-state index is 0.0734. The first-order valence-electron chi connectivity index (χ1n) is 7.08. The zero-order chi connectivity index (χ0) is 14.8. The number of amides is 1. The Hall–Kier alpha value is -1.68.